The third-order valence-electron chi connectivity index (χ3n) is 0.756. The maximum absolute atomic E-state index is 8.63. The van der Waals surface area contributed by atoms with Crippen LogP contribution in [0.5, 0.6) is 5.75 Å². The molecule has 0 aliphatic rings. The fourth-order valence-corrected chi connectivity index (χ4v) is 0.428. The molecule has 1 aromatic rings. The summed E-state index contributed by atoms with van der Waals surface area (Å²) in [5.74, 6) is 0.322. The van der Waals surface area contributed by atoms with Crippen LogP contribution in [-0.2, 0) is 19.5 Å². The first-order valence-corrected chi connectivity index (χ1v) is 2.13. The fraction of sp³-hybridized carbons (Fsp3) is 0. The van der Waals surface area contributed by atoms with E-state index in [0.29, 0.717) is 5.75 Å². The molecule has 0 saturated carbocycles. The van der Waals surface area contributed by atoms with E-state index in [2.05, 4.69) is 0 Å². The zero-order chi connectivity index (χ0) is 5.11. The van der Waals surface area contributed by atoms with Gasteiger partial charge in [0.25, 0.3) is 0 Å². The number of para-hydroxylation sites is 1. The number of rotatable bonds is 0. The second-order valence-electron chi connectivity index (χ2n) is 1.34. The van der Waals surface area contributed by atoms with Gasteiger partial charge in [-0.1, -0.05) is 18.2 Å². The van der Waals surface area contributed by atoms with Crippen LogP contribution < -0.4 is 9.41 Å². The summed E-state index contributed by atoms with van der Waals surface area (Å²) in [5.41, 5.74) is 0. The van der Waals surface area contributed by atoms with E-state index >= 15 is 0 Å². The van der Waals surface area contributed by atoms with Gasteiger partial charge < -0.3 is 14.5 Å². The Morgan fingerprint density at radius 3 is 1.50 bits per heavy atom. The Hall–Kier alpha value is -0.497. The number of benzene rings is 1. The molecule has 0 radical (unpaired) electrons. The van der Waals surface area contributed by atoms with Gasteiger partial charge in [-0.25, -0.2) is 0 Å². The molecule has 0 bridgehead atoms. The minimum absolute atomic E-state index is 0. The molecule has 0 aromatic heterocycles. The van der Waals surface area contributed by atoms with Crippen molar-refractivity contribution in [2.24, 2.45) is 0 Å². The largest absolute Gasteiger partial charge is 2.00 e. The van der Waals surface area contributed by atoms with Gasteiger partial charge in [-0.3, -0.25) is 0 Å². The van der Waals surface area contributed by atoms with Gasteiger partial charge in [-0.15, -0.1) is 0 Å². The van der Waals surface area contributed by atoms with Gasteiger partial charge in [-0.05, 0) is 12.1 Å². The molecule has 1 rings (SSSR count). The third-order valence-corrected chi connectivity index (χ3v) is 0.756. The van der Waals surface area contributed by atoms with Crippen molar-refractivity contribution in [1.82, 2.24) is 0 Å². The maximum atomic E-state index is 8.63. The number of hydrogen-bond donors (Lipinski definition) is 1. The molecule has 4 heteroatoms. The van der Waals surface area contributed by atoms with Crippen LogP contribution in [0.4, 0.5) is 0 Å². The molecule has 0 spiro atoms. The molecule has 0 aliphatic carbocycles. The van der Waals surface area contributed by atoms with Gasteiger partial charge in [-0.2, -0.15) is 0 Å². The Morgan fingerprint density at radius 2 is 1.30 bits per heavy atom. The monoisotopic (exact) mass is 234 g/mol. The topological polar surface area (TPSA) is 20.2 Å². The summed E-state index contributed by atoms with van der Waals surface area (Å²) in [5, 5.41) is 8.63. The predicted molar refractivity (Wildman–Crippen MR) is 28.1 cm³/mol. The third kappa shape index (κ3) is 5.64. The fourth-order valence-electron chi connectivity index (χ4n) is 0.428. The minimum Gasteiger partial charge on any atom is -1.00 e. The van der Waals surface area contributed by atoms with E-state index in [4.69, 9.17) is 5.11 Å². The normalized spacial score (nSPS) is 6.00. The van der Waals surface area contributed by atoms with Crippen LogP contribution in [0, 0.1) is 0 Å². The summed E-state index contributed by atoms with van der Waals surface area (Å²) in [7, 11) is 0. The quantitative estimate of drug-likeness (QED) is 0.447. The molecular formula is C6H6F2ORu. The van der Waals surface area contributed by atoms with Gasteiger partial charge in [0, 0.05) is 0 Å². The second kappa shape index (κ2) is 8.50. The van der Waals surface area contributed by atoms with Crippen molar-refractivity contribution in [3.8, 4) is 5.75 Å². The van der Waals surface area contributed by atoms with Crippen LogP contribution in [0.15, 0.2) is 30.3 Å². The number of phenolic OH excluding ortho intramolecular Hbond substituents is 1. The molecule has 1 N–H and O–H groups in total. The van der Waals surface area contributed by atoms with E-state index in [1.54, 1.807) is 24.3 Å². The van der Waals surface area contributed by atoms with Crippen molar-refractivity contribution >= 4 is 0 Å². The van der Waals surface area contributed by atoms with Crippen LogP contribution in [-0.4, -0.2) is 5.11 Å². The van der Waals surface area contributed by atoms with Crippen molar-refractivity contribution in [3.63, 3.8) is 0 Å². The summed E-state index contributed by atoms with van der Waals surface area (Å²) in [6, 6.07) is 8.71. The van der Waals surface area contributed by atoms with Gasteiger partial charge in [0.2, 0.25) is 0 Å². The first-order chi connectivity index (χ1) is 3.39. The van der Waals surface area contributed by atoms with Crippen molar-refractivity contribution < 1.29 is 34.0 Å². The average Bonchev–Trinajstić information content (AvgIpc) is 1.69. The van der Waals surface area contributed by atoms with E-state index in [1.165, 1.54) is 0 Å². The van der Waals surface area contributed by atoms with Crippen LogP contribution in [0.3, 0.4) is 0 Å². The number of aromatic hydroxyl groups is 1. The maximum Gasteiger partial charge on any atom is 2.00 e. The van der Waals surface area contributed by atoms with E-state index in [1.807, 2.05) is 6.07 Å². The Labute approximate surface area is 70.6 Å². The number of phenols is 1. The zero-order valence-electron chi connectivity index (χ0n) is 4.94. The first kappa shape index (κ1) is 16.2. The summed E-state index contributed by atoms with van der Waals surface area (Å²) in [4.78, 5) is 0. The molecule has 1 nitrogen and oxygen atoms in total. The zero-order valence-corrected chi connectivity index (χ0v) is 6.68. The van der Waals surface area contributed by atoms with Crippen LogP contribution >= 0.6 is 0 Å². The van der Waals surface area contributed by atoms with Gasteiger partial charge in [0.15, 0.2) is 0 Å². The Morgan fingerprint density at radius 1 is 0.900 bits per heavy atom. The van der Waals surface area contributed by atoms with Crippen LogP contribution in [0.2, 0.25) is 0 Å². The predicted octanol–water partition coefficient (Wildman–Crippen LogP) is -4.60. The minimum atomic E-state index is 0. The standard InChI is InChI=1S/C6H6O.2FH.Ru/c7-6-4-2-1-3-5-6;;;/h1-5,7H;2*1H;/q;;;+2/p-2. The van der Waals surface area contributed by atoms with Crippen LogP contribution in [0.25, 0.3) is 0 Å². The Balaban J connectivity index is -0.000000163. The summed E-state index contributed by atoms with van der Waals surface area (Å²) in [6.45, 7) is 0. The first-order valence-electron chi connectivity index (χ1n) is 2.13. The molecule has 0 fully saturated rings. The molecule has 0 aliphatic heterocycles. The van der Waals surface area contributed by atoms with Crippen molar-refractivity contribution in [1.29, 1.82) is 0 Å². The average molecular weight is 233 g/mol. The summed E-state index contributed by atoms with van der Waals surface area (Å²) >= 11 is 0. The number of halogens is 2. The molecular weight excluding hydrogens is 227 g/mol. The van der Waals surface area contributed by atoms with Crippen molar-refractivity contribution in [3.05, 3.63) is 30.3 Å². The molecule has 1 aromatic carbocycles. The molecule has 0 amide bonds. The van der Waals surface area contributed by atoms with E-state index < -0.39 is 0 Å². The van der Waals surface area contributed by atoms with Gasteiger partial charge >= 0.3 is 19.5 Å². The Kier molecular flexibility index (Phi) is 13.8. The number of hydrogen-bond acceptors (Lipinski definition) is 1. The molecule has 0 unspecified atom stereocenters. The van der Waals surface area contributed by atoms with Crippen LogP contribution in [0.1, 0.15) is 0 Å². The van der Waals surface area contributed by atoms with Crippen molar-refractivity contribution in [2.75, 3.05) is 0 Å². The molecule has 0 heterocycles. The van der Waals surface area contributed by atoms with Gasteiger partial charge in [0.05, 0.1) is 0 Å². The van der Waals surface area contributed by atoms with E-state index in [9.17, 15) is 0 Å². The Bertz CT molecular complexity index is 146. The van der Waals surface area contributed by atoms with Crippen molar-refractivity contribution in [2.45, 2.75) is 0 Å². The summed E-state index contributed by atoms with van der Waals surface area (Å²) in [6.07, 6.45) is 0. The van der Waals surface area contributed by atoms with Gasteiger partial charge in [0.1, 0.15) is 5.75 Å². The molecule has 58 valence electrons. The summed E-state index contributed by atoms with van der Waals surface area (Å²) < 4.78 is 0. The SMILES string of the molecule is Oc1ccccc1.[F-].[F-].[Ru+2]. The molecule has 0 atom stereocenters. The van der Waals surface area contributed by atoms with E-state index in [0.717, 1.165) is 0 Å². The van der Waals surface area contributed by atoms with E-state index in [-0.39, 0.29) is 28.9 Å². The second-order valence-corrected chi connectivity index (χ2v) is 1.34. The molecule has 0 saturated heterocycles. The smallest absolute Gasteiger partial charge is 1.00 e. The molecule has 10 heavy (non-hydrogen) atoms.